The molecule has 170 valence electrons. The molecule has 0 amide bonds. The van der Waals surface area contributed by atoms with E-state index < -0.39 is 5.60 Å². The molecule has 0 spiro atoms. The number of nitrogens with zero attached hydrogens (tertiary/aromatic N) is 1. The summed E-state index contributed by atoms with van der Waals surface area (Å²) in [6, 6.07) is 10.3. The normalized spacial score (nSPS) is 18.2. The Morgan fingerprint density at radius 3 is 2.50 bits per heavy atom. The van der Waals surface area contributed by atoms with Crippen LogP contribution in [0.1, 0.15) is 55.9 Å². The van der Waals surface area contributed by atoms with Crippen LogP contribution in [-0.4, -0.2) is 22.6 Å². The molecule has 1 heterocycles. The third-order valence-electron chi connectivity index (χ3n) is 6.39. The number of carbonyl (C=O) groups is 1. The van der Waals surface area contributed by atoms with E-state index in [1.54, 1.807) is 0 Å². The average molecular weight is 452 g/mol. The first-order chi connectivity index (χ1) is 15.1. The molecule has 3 rings (SSSR count). The zero-order chi connectivity index (χ0) is 23.6. The van der Waals surface area contributed by atoms with Crippen molar-refractivity contribution in [3.05, 3.63) is 65.2 Å². The lowest BCUT2D eigenvalue weighted by Gasteiger charge is -2.40. The highest BCUT2D eigenvalue weighted by molar-refractivity contribution is 7.80. The van der Waals surface area contributed by atoms with Crippen molar-refractivity contribution in [3.63, 3.8) is 0 Å². The lowest BCUT2D eigenvalue weighted by molar-refractivity contribution is -0.132. The third kappa shape index (κ3) is 4.73. The fourth-order valence-corrected chi connectivity index (χ4v) is 4.99. The maximum atomic E-state index is 11.6. The molecule has 1 aliphatic rings. The second-order valence-electron chi connectivity index (χ2n) is 8.91. The van der Waals surface area contributed by atoms with E-state index in [1.807, 2.05) is 45.0 Å². The molecule has 0 bridgehead atoms. The van der Waals surface area contributed by atoms with Gasteiger partial charge in [-0.25, -0.2) is 0 Å². The molecule has 0 aliphatic carbocycles. The molecule has 0 saturated carbocycles. The first kappa shape index (κ1) is 24.0. The maximum Gasteiger partial charge on any atom is 0.308 e. The monoisotopic (exact) mass is 451 g/mol. The van der Waals surface area contributed by atoms with E-state index in [2.05, 4.69) is 37.5 Å². The lowest BCUT2D eigenvalue weighted by Crippen LogP contribution is -2.45. The first-order valence-electron chi connectivity index (χ1n) is 11.1. The number of esters is 1. The summed E-state index contributed by atoms with van der Waals surface area (Å²) >= 11 is 5.94. The highest BCUT2D eigenvalue weighted by atomic mass is 32.1. The summed E-state index contributed by atoms with van der Waals surface area (Å²) in [7, 11) is 0. The summed E-state index contributed by atoms with van der Waals surface area (Å²) < 4.78 is 12.2. The van der Waals surface area contributed by atoms with Crippen LogP contribution in [0.25, 0.3) is 0 Å². The summed E-state index contributed by atoms with van der Waals surface area (Å²) in [6.07, 6.45) is 4.20. The van der Waals surface area contributed by atoms with Crippen LogP contribution in [0.4, 0.5) is 5.69 Å². The van der Waals surface area contributed by atoms with Gasteiger partial charge in [0, 0.05) is 30.6 Å². The molecule has 2 aromatic carbocycles. The molecule has 1 aliphatic heterocycles. The number of carbonyl (C=O) groups excluding carboxylic acids is 1. The maximum absolute atomic E-state index is 11.6. The second kappa shape index (κ2) is 9.45. The second-order valence-corrected chi connectivity index (χ2v) is 9.38. The predicted molar refractivity (Wildman–Crippen MR) is 135 cm³/mol. The van der Waals surface area contributed by atoms with Crippen LogP contribution in [0.5, 0.6) is 11.5 Å². The number of rotatable bonds is 6. The minimum absolute atomic E-state index is 0.0712. The van der Waals surface area contributed by atoms with E-state index in [1.165, 1.54) is 6.92 Å². The van der Waals surface area contributed by atoms with Crippen LogP contribution in [0.3, 0.4) is 0 Å². The van der Waals surface area contributed by atoms with Gasteiger partial charge in [-0.15, -0.1) is 6.58 Å². The van der Waals surface area contributed by atoms with Gasteiger partial charge >= 0.3 is 5.97 Å². The predicted octanol–water partition coefficient (Wildman–Crippen LogP) is 6.42. The van der Waals surface area contributed by atoms with E-state index in [4.69, 9.17) is 21.7 Å². The van der Waals surface area contributed by atoms with Crippen molar-refractivity contribution >= 4 is 28.9 Å². The lowest BCUT2D eigenvalue weighted by atomic mass is 9.85. The van der Waals surface area contributed by atoms with Crippen molar-refractivity contribution < 1.29 is 14.3 Å². The molecule has 2 unspecified atom stereocenters. The van der Waals surface area contributed by atoms with Gasteiger partial charge in [-0.1, -0.05) is 36.5 Å². The Bertz CT molecular complexity index is 1050. The van der Waals surface area contributed by atoms with Gasteiger partial charge in [0.25, 0.3) is 0 Å². The molecule has 5 heteroatoms. The third-order valence-corrected chi connectivity index (χ3v) is 6.73. The van der Waals surface area contributed by atoms with Gasteiger partial charge in [0.05, 0.1) is 4.99 Å². The molecule has 0 aromatic heterocycles. The van der Waals surface area contributed by atoms with Gasteiger partial charge in [0.2, 0.25) is 0 Å². The van der Waals surface area contributed by atoms with Gasteiger partial charge in [0.15, 0.2) is 0 Å². The summed E-state index contributed by atoms with van der Waals surface area (Å²) in [5.74, 6) is 1.25. The molecular weight excluding hydrogens is 418 g/mol. The van der Waals surface area contributed by atoms with E-state index in [0.29, 0.717) is 12.2 Å². The molecule has 4 nitrogen and oxygen atoms in total. The molecule has 2 atom stereocenters. The molecular formula is C27H33NO3S. The van der Waals surface area contributed by atoms with Crippen molar-refractivity contribution in [3.8, 4) is 11.5 Å². The van der Waals surface area contributed by atoms with E-state index in [0.717, 1.165) is 51.5 Å². The van der Waals surface area contributed by atoms with Crippen molar-refractivity contribution in [2.75, 3.05) is 4.90 Å². The number of ether oxygens (including phenoxy) is 2. The van der Waals surface area contributed by atoms with Crippen LogP contribution in [0.2, 0.25) is 0 Å². The Kier molecular flexibility index (Phi) is 7.09. The SMILES string of the molecule is C=CC(C)N(C(=S)CC1(C)CCc2c(C)c(OC(C)=O)c(C)c(C)c2O1)c1ccccc1. The van der Waals surface area contributed by atoms with Gasteiger partial charge in [-0.2, -0.15) is 0 Å². The van der Waals surface area contributed by atoms with Gasteiger partial charge < -0.3 is 14.4 Å². The number of hydrogen-bond acceptors (Lipinski definition) is 4. The van der Waals surface area contributed by atoms with Crippen LogP contribution in [0.15, 0.2) is 43.0 Å². The van der Waals surface area contributed by atoms with Crippen LogP contribution in [0, 0.1) is 20.8 Å². The number of para-hydroxylation sites is 1. The summed E-state index contributed by atoms with van der Waals surface area (Å²) in [6.45, 7) is 15.6. The van der Waals surface area contributed by atoms with E-state index in [-0.39, 0.29) is 12.0 Å². The molecule has 32 heavy (non-hydrogen) atoms. The zero-order valence-electron chi connectivity index (χ0n) is 20.0. The molecule has 2 aromatic rings. The Morgan fingerprint density at radius 1 is 1.25 bits per heavy atom. The van der Waals surface area contributed by atoms with Gasteiger partial charge in [0.1, 0.15) is 17.1 Å². The summed E-state index contributed by atoms with van der Waals surface area (Å²) in [4.78, 5) is 14.6. The van der Waals surface area contributed by atoms with Crippen molar-refractivity contribution in [1.82, 2.24) is 0 Å². The molecule has 0 N–H and O–H groups in total. The Labute approximate surface area is 197 Å². The minimum Gasteiger partial charge on any atom is -0.487 e. The highest BCUT2D eigenvalue weighted by Crippen LogP contribution is 2.45. The zero-order valence-corrected chi connectivity index (χ0v) is 20.8. The number of anilines is 1. The van der Waals surface area contributed by atoms with Crippen LogP contribution < -0.4 is 14.4 Å². The van der Waals surface area contributed by atoms with Crippen LogP contribution in [-0.2, 0) is 11.2 Å². The van der Waals surface area contributed by atoms with Crippen molar-refractivity contribution in [2.45, 2.75) is 72.4 Å². The molecule has 0 radical (unpaired) electrons. The summed E-state index contributed by atoms with van der Waals surface area (Å²) in [5.41, 5.74) is 4.68. The van der Waals surface area contributed by atoms with Gasteiger partial charge in [-0.3, -0.25) is 4.79 Å². The number of thiocarbonyl (C=S) groups is 1. The van der Waals surface area contributed by atoms with Crippen LogP contribution >= 0.6 is 12.2 Å². The fraction of sp³-hybridized carbons (Fsp3) is 0.407. The van der Waals surface area contributed by atoms with Crippen molar-refractivity contribution in [2.24, 2.45) is 0 Å². The largest absolute Gasteiger partial charge is 0.487 e. The standard InChI is InChI=1S/C27H33NO3S/c1-8-17(2)28(22-12-10-9-11-13-22)24(32)16-27(7)15-14-23-20(5)25(30-21(6)29)18(3)19(4)26(23)31-27/h8-13,17H,1,14-16H2,2-7H3. The molecule has 0 saturated heterocycles. The summed E-state index contributed by atoms with van der Waals surface area (Å²) in [5, 5.41) is 0. The number of hydrogen-bond donors (Lipinski definition) is 0. The topological polar surface area (TPSA) is 38.8 Å². The smallest absolute Gasteiger partial charge is 0.308 e. The number of benzene rings is 2. The van der Waals surface area contributed by atoms with E-state index >= 15 is 0 Å². The Hall–Kier alpha value is -2.66. The highest BCUT2D eigenvalue weighted by Gasteiger charge is 2.37. The van der Waals surface area contributed by atoms with Crippen molar-refractivity contribution in [1.29, 1.82) is 0 Å². The van der Waals surface area contributed by atoms with E-state index in [9.17, 15) is 4.79 Å². The fourth-order valence-electron chi connectivity index (χ4n) is 4.41. The first-order valence-corrected chi connectivity index (χ1v) is 11.5. The number of fused-ring (bicyclic) bond motifs is 1. The molecule has 0 fully saturated rings. The Balaban J connectivity index is 1.91. The Morgan fingerprint density at radius 2 is 1.91 bits per heavy atom. The quantitative estimate of drug-likeness (QED) is 0.219. The average Bonchev–Trinajstić information content (AvgIpc) is 2.75. The van der Waals surface area contributed by atoms with Gasteiger partial charge in [-0.05, 0) is 76.3 Å². The minimum atomic E-state index is -0.426.